The number of nitrogens with one attached hydrogen (secondary N) is 2. The summed E-state index contributed by atoms with van der Waals surface area (Å²) in [7, 11) is 0. The molecule has 0 aliphatic heterocycles. The third-order valence-corrected chi connectivity index (χ3v) is 5.67. The van der Waals surface area contributed by atoms with Gasteiger partial charge in [0.1, 0.15) is 9.63 Å². The maximum atomic E-state index is 13.5. The van der Waals surface area contributed by atoms with Gasteiger partial charge in [-0.05, 0) is 59.4 Å². The van der Waals surface area contributed by atoms with E-state index in [0.717, 1.165) is 53.2 Å². The number of hydrogen-bond acceptors (Lipinski definition) is 7. The summed E-state index contributed by atoms with van der Waals surface area (Å²) in [5, 5.41) is 5.99. The largest absolute Gasteiger partial charge is 0.416 e. The summed E-state index contributed by atoms with van der Waals surface area (Å²) < 4.78 is 41.9. The highest BCUT2D eigenvalue weighted by Gasteiger charge is 2.31. The minimum atomic E-state index is -4.59. The third kappa shape index (κ3) is 8.34. The number of alkyl halides is 3. The molecule has 0 atom stereocenters. The van der Waals surface area contributed by atoms with Crippen LogP contribution in [0, 0.1) is 0 Å². The van der Waals surface area contributed by atoms with E-state index in [4.69, 9.17) is 4.84 Å². The van der Waals surface area contributed by atoms with Gasteiger partial charge in [-0.3, -0.25) is 4.84 Å². The van der Waals surface area contributed by atoms with E-state index in [1.807, 2.05) is 0 Å². The lowest BCUT2D eigenvalue weighted by atomic mass is 10.2. The first-order chi connectivity index (χ1) is 15.2. The van der Waals surface area contributed by atoms with Gasteiger partial charge in [0.25, 0.3) is 0 Å². The maximum absolute atomic E-state index is 13.5. The molecule has 0 aliphatic rings. The van der Waals surface area contributed by atoms with Crippen LogP contribution in [0.25, 0.3) is 0 Å². The van der Waals surface area contributed by atoms with Crippen molar-refractivity contribution < 1.29 is 22.8 Å². The second-order valence-electron chi connectivity index (χ2n) is 6.27. The number of nitrogens with zero attached hydrogens (tertiary/aromatic N) is 3. The van der Waals surface area contributed by atoms with Crippen molar-refractivity contribution in [1.29, 1.82) is 0 Å². The van der Waals surface area contributed by atoms with Gasteiger partial charge in [0, 0.05) is 29.4 Å². The molecule has 0 saturated carbocycles. The zero-order valence-electron chi connectivity index (χ0n) is 17.6. The Labute approximate surface area is 201 Å². The predicted molar refractivity (Wildman–Crippen MR) is 125 cm³/mol. The first-order valence-corrected chi connectivity index (χ1v) is 12.4. The Morgan fingerprint density at radius 3 is 2.59 bits per heavy atom. The quantitative estimate of drug-likeness (QED) is 0.147. The molecular weight excluding hydrogens is 531 g/mol. The van der Waals surface area contributed by atoms with Gasteiger partial charge in [0.2, 0.25) is 5.95 Å². The van der Waals surface area contributed by atoms with Crippen molar-refractivity contribution in [3.63, 3.8) is 0 Å². The number of rotatable bonds is 10. The average Bonchev–Trinajstić information content (AvgIpc) is 2.71. The van der Waals surface area contributed by atoms with Gasteiger partial charge in [-0.1, -0.05) is 25.1 Å². The molecule has 0 saturated heterocycles. The minimum Gasteiger partial charge on any atom is -0.354 e. The van der Waals surface area contributed by atoms with E-state index in [-0.39, 0.29) is 17.2 Å². The number of benzene rings is 1. The monoisotopic (exact) mass is 553 g/mol. The number of hydroxylamine groups is 1. The Kier molecular flexibility index (Phi) is 10.4. The lowest BCUT2D eigenvalue weighted by molar-refractivity contribution is -0.137. The first-order valence-electron chi connectivity index (χ1n) is 9.63. The molecule has 13 heteroatoms. The summed E-state index contributed by atoms with van der Waals surface area (Å²) >= 11 is 5.32. The van der Waals surface area contributed by atoms with Crippen LogP contribution >= 0.6 is 39.6 Å². The predicted octanol–water partition coefficient (Wildman–Crippen LogP) is 6.68. The van der Waals surface area contributed by atoms with Gasteiger partial charge < -0.3 is 10.6 Å². The number of urea groups is 1. The van der Waals surface area contributed by atoms with Crippen LogP contribution in [0.1, 0.15) is 32.3 Å². The number of unbranched alkanes of at least 4 members (excludes halogenated alkanes) is 1. The molecule has 0 bridgehead atoms. The van der Waals surface area contributed by atoms with E-state index in [1.165, 1.54) is 6.07 Å². The molecule has 0 aliphatic carbocycles. The standard InChI is InChI=1S/C19H23BrF3N5O2S2/c1-4-6-7-24-17-26-15(20)11-16(27-17)32-14-9-12(19(21,22)23)8-13(10-14)25-18(29)28(31-3)30-5-2/h8-11H,4-7H2,1-3H3,(H,25,29)(H,24,26,27). The highest BCUT2D eigenvalue weighted by Crippen LogP contribution is 2.37. The molecule has 0 fully saturated rings. The number of carbonyl (C=O) groups is 1. The van der Waals surface area contributed by atoms with Crippen LogP contribution in [-0.4, -0.2) is 39.9 Å². The summed E-state index contributed by atoms with van der Waals surface area (Å²) in [5.41, 5.74) is -0.903. The van der Waals surface area contributed by atoms with Crippen molar-refractivity contribution in [2.45, 2.75) is 42.8 Å². The van der Waals surface area contributed by atoms with Crippen molar-refractivity contribution in [1.82, 2.24) is 14.4 Å². The topological polar surface area (TPSA) is 79.4 Å². The second kappa shape index (κ2) is 12.5. The zero-order valence-corrected chi connectivity index (χ0v) is 20.8. The second-order valence-corrected chi connectivity index (χ2v) is 8.87. The molecule has 0 radical (unpaired) electrons. The van der Waals surface area contributed by atoms with Crippen LogP contribution in [-0.2, 0) is 11.0 Å². The van der Waals surface area contributed by atoms with E-state index in [9.17, 15) is 18.0 Å². The van der Waals surface area contributed by atoms with Gasteiger partial charge in [-0.2, -0.15) is 13.2 Å². The van der Waals surface area contributed by atoms with Crippen LogP contribution in [0.2, 0.25) is 0 Å². The molecule has 1 aromatic heterocycles. The molecule has 2 N–H and O–H groups in total. The third-order valence-electron chi connectivity index (χ3n) is 3.77. The molecule has 2 aromatic rings. The average molecular weight is 554 g/mol. The molecule has 0 spiro atoms. The summed E-state index contributed by atoms with van der Waals surface area (Å²) in [4.78, 5) is 26.3. The molecule has 1 aromatic carbocycles. The maximum Gasteiger partial charge on any atom is 0.416 e. The molecule has 7 nitrogen and oxygen atoms in total. The smallest absolute Gasteiger partial charge is 0.354 e. The highest BCUT2D eigenvalue weighted by molar-refractivity contribution is 9.10. The van der Waals surface area contributed by atoms with Crippen molar-refractivity contribution in [3.8, 4) is 0 Å². The van der Waals surface area contributed by atoms with Crippen molar-refractivity contribution in [3.05, 3.63) is 34.4 Å². The molecule has 32 heavy (non-hydrogen) atoms. The molecule has 2 amide bonds. The van der Waals surface area contributed by atoms with Crippen LogP contribution in [0.5, 0.6) is 0 Å². The Morgan fingerprint density at radius 1 is 1.22 bits per heavy atom. The summed E-state index contributed by atoms with van der Waals surface area (Å²) in [6.45, 7) is 4.67. The van der Waals surface area contributed by atoms with E-state index < -0.39 is 17.8 Å². The fourth-order valence-electron chi connectivity index (χ4n) is 2.40. The zero-order chi connectivity index (χ0) is 23.7. The fourth-order valence-corrected chi connectivity index (χ4v) is 4.28. The van der Waals surface area contributed by atoms with Gasteiger partial charge in [0.15, 0.2) is 0 Å². The molecule has 1 heterocycles. The van der Waals surface area contributed by atoms with Gasteiger partial charge in [0.05, 0.1) is 12.2 Å². The van der Waals surface area contributed by atoms with Crippen LogP contribution < -0.4 is 10.6 Å². The summed E-state index contributed by atoms with van der Waals surface area (Å²) in [6, 6.07) is 4.25. The van der Waals surface area contributed by atoms with E-state index in [0.29, 0.717) is 22.1 Å². The van der Waals surface area contributed by atoms with Crippen LogP contribution in [0.4, 0.5) is 29.6 Å². The van der Waals surface area contributed by atoms with Crippen molar-refractivity contribution >= 4 is 57.3 Å². The SMILES string of the molecule is CCCCNc1nc(Br)cc(Sc2cc(NC(=O)N(OCC)SC)cc(C(F)(F)F)c2)n1. The normalized spacial score (nSPS) is 11.3. The van der Waals surface area contributed by atoms with Gasteiger partial charge >= 0.3 is 12.2 Å². The lowest BCUT2D eigenvalue weighted by Gasteiger charge is -2.19. The Hall–Kier alpha value is -1.70. The number of hydrogen-bond donors (Lipinski definition) is 2. The number of aromatic nitrogens is 2. The van der Waals surface area contributed by atoms with E-state index in [2.05, 4.69) is 43.5 Å². The van der Waals surface area contributed by atoms with Crippen LogP contribution in [0.3, 0.4) is 0 Å². The van der Waals surface area contributed by atoms with Crippen molar-refractivity contribution in [2.24, 2.45) is 0 Å². The minimum absolute atomic E-state index is 0.0134. The highest BCUT2D eigenvalue weighted by atomic mass is 79.9. The van der Waals surface area contributed by atoms with E-state index in [1.54, 1.807) is 19.2 Å². The lowest BCUT2D eigenvalue weighted by Crippen LogP contribution is -2.29. The number of amides is 2. The molecule has 0 unspecified atom stereocenters. The molecule has 176 valence electrons. The summed E-state index contributed by atoms with van der Waals surface area (Å²) in [5.74, 6) is 0.378. The first kappa shape index (κ1) is 26.6. The van der Waals surface area contributed by atoms with Gasteiger partial charge in [-0.25, -0.2) is 14.8 Å². The molecule has 2 rings (SSSR count). The molecular formula is C19H23BrF3N5O2S2. The Bertz CT molecular complexity index is 921. The number of halogens is 4. The number of anilines is 2. The Morgan fingerprint density at radius 2 is 1.97 bits per heavy atom. The van der Waals surface area contributed by atoms with E-state index >= 15 is 0 Å². The fraction of sp³-hybridized carbons (Fsp3) is 0.421. The van der Waals surface area contributed by atoms with Gasteiger partial charge in [-0.15, -0.1) is 4.47 Å². The van der Waals surface area contributed by atoms with Crippen molar-refractivity contribution in [2.75, 3.05) is 30.0 Å². The Balaban J connectivity index is 2.31. The summed E-state index contributed by atoms with van der Waals surface area (Å²) in [6.07, 6.45) is -1.04. The number of carbonyl (C=O) groups excluding carboxylic acids is 1. The van der Waals surface area contributed by atoms with Crippen LogP contribution in [0.15, 0.2) is 38.8 Å².